The molecule has 2 rings (SSSR count). The molecular weight excluding hydrogens is 181 g/mol. The summed E-state index contributed by atoms with van der Waals surface area (Å²) in [6, 6.07) is 6.73. The van der Waals surface area contributed by atoms with Crippen molar-refractivity contribution in [2.24, 2.45) is 5.73 Å². The quantitative estimate of drug-likeness (QED) is 0.800. The zero-order chi connectivity index (χ0) is 10.2. The standard InChI is InChI=1S/C11H14FNO/c1-2-14-9-5-3-8(4-6-9)11(12)7-10(11)13/h3-6,10H,2,7,13H2,1H3/t10-,11+/m0/s1. The van der Waals surface area contributed by atoms with Gasteiger partial charge in [0, 0.05) is 12.5 Å². The summed E-state index contributed by atoms with van der Waals surface area (Å²) in [6.07, 6.45) is 0.432. The molecule has 2 N–H and O–H groups in total. The van der Waals surface area contributed by atoms with Gasteiger partial charge in [0.15, 0.2) is 5.67 Å². The van der Waals surface area contributed by atoms with Crippen molar-refractivity contribution in [3.63, 3.8) is 0 Å². The fraction of sp³-hybridized carbons (Fsp3) is 0.455. The predicted octanol–water partition coefficient (Wildman–Crippen LogP) is 1.98. The molecule has 0 bridgehead atoms. The first-order chi connectivity index (χ1) is 6.66. The Morgan fingerprint density at radius 2 is 2.07 bits per heavy atom. The van der Waals surface area contributed by atoms with E-state index >= 15 is 0 Å². The van der Waals surface area contributed by atoms with Crippen LogP contribution in [0.3, 0.4) is 0 Å². The minimum absolute atomic E-state index is 0.333. The summed E-state index contributed by atoms with van der Waals surface area (Å²) in [5, 5.41) is 0. The molecule has 0 radical (unpaired) electrons. The second-order valence-electron chi connectivity index (χ2n) is 3.63. The second kappa shape index (κ2) is 3.24. The van der Waals surface area contributed by atoms with Gasteiger partial charge < -0.3 is 10.5 Å². The number of nitrogens with two attached hydrogens (primary N) is 1. The van der Waals surface area contributed by atoms with Gasteiger partial charge in [-0.25, -0.2) is 4.39 Å². The largest absolute Gasteiger partial charge is 0.494 e. The Labute approximate surface area is 82.9 Å². The van der Waals surface area contributed by atoms with Crippen LogP contribution in [0.1, 0.15) is 18.9 Å². The molecule has 1 aromatic rings. The number of hydrogen-bond donors (Lipinski definition) is 1. The monoisotopic (exact) mass is 195 g/mol. The average molecular weight is 195 g/mol. The van der Waals surface area contributed by atoms with Crippen LogP contribution in [0.2, 0.25) is 0 Å². The van der Waals surface area contributed by atoms with E-state index in [-0.39, 0.29) is 6.04 Å². The molecule has 0 aromatic heterocycles. The molecule has 1 aromatic carbocycles. The molecule has 2 atom stereocenters. The summed E-state index contributed by atoms with van der Waals surface area (Å²) < 4.78 is 19.0. The average Bonchev–Trinajstić information content (AvgIpc) is 2.78. The van der Waals surface area contributed by atoms with Gasteiger partial charge in [0.25, 0.3) is 0 Å². The molecule has 0 spiro atoms. The van der Waals surface area contributed by atoms with Crippen molar-refractivity contribution in [1.29, 1.82) is 0 Å². The lowest BCUT2D eigenvalue weighted by molar-refractivity contribution is 0.305. The van der Waals surface area contributed by atoms with E-state index in [4.69, 9.17) is 10.5 Å². The summed E-state index contributed by atoms with van der Waals surface area (Å²) in [7, 11) is 0. The van der Waals surface area contributed by atoms with Crippen LogP contribution in [0.5, 0.6) is 5.75 Å². The first kappa shape index (κ1) is 9.46. The Kier molecular flexibility index (Phi) is 2.19. The fourth-order valence-electron chi connectivity index (χ4n) is 1.59. The van der Waals surface area contributed by atoms with E-state index in [9.17, 15) is 4.39 Å². The van der Waals surface area contributed by atoms with Crippen molar-refractivity contribution in [2.75, 3.05) is 6.61 Å². The molecule has 0 unspecified atom stereocenters. The van der Waals surface area contributed by atoms with Crippen LogP contribution in [0.25, 0.3) is 0 Å². The van der Waals surface area contributed by atoms with Crippen LogP contribution in [0.15, 0.2) is 24.3 Å². The van der Waals surface area contributed by atoms with Gasteiger partial charge in [0.2, 0.25) is 0 Å². The van der Waals surface area contributed by atoms with E-state index in [0.29, 0.717) is 18.6 Å². The highest BCUT2D eigenvalue weighted by molar-refractivity contribution is 5.36. The summed E-state index contributed by atoms with van der Waals surface area (Å²) in [5.74, 6) is 0.772. The molecule has 0 aliphatic heterocycles. The molecule has 1 fully saturated rings. The number of alkyl halides is 1. The predicted molar refractivity (Wildman–Crippen MR) is 53.0 cm³/mol. The Morgan fingerprint density at radius 3 is 2.50 bits per heavy atom. The lowest BCUT2D eigenvalue weighted by Gasteiger charge is -2.08. The van der Waals surface area contributed by atoms with Crippen molar-refractivity contribution < 1.29 is 9.13 Å². The normalized spacial score (nSPS) is 30.1. The van der Waals surface area contributed by atoms with Gasteiger partial charge in [-0.3, -0.25) is 0 Å². The first-order valence-electron chi connectivity index (χ1n) is 4.84. The zero-order valence-electron chi connectivity index (χ0n) is 8.16. The maximum atomic E-state index is 13.8. The van der Waals surface area contributed by atoms with Crippen molar-refractivity contribution in [3.8, 4) is 5.75 Å². The Balaban J connectivity index is 2.15. The molecule has 0 amide bonds. The topological polar surface area (TPSA) is 35.2 Å². The maximum absolute atomic E-state index is 13.8. The molecule has 14 heavy (non-hydrogen) atoms. The minimum Gasteiger partial charge on any atom is -0.494 e. The van der Waals surface area contributed by atoms with Gasteiger partial charge in [-0.2, -0.15) is 0 Å². The van der Waals surface area contributed by atoms with Crippen LogP contribution in [-0.4, -0.2) is 12.6 Å². The SMILES string of the molecule is CCOc1ccc([C@]2(F)C[C@@H]2N)cc1. The molecule has 0 heterocycles. The van der Waals surface area contributed by atoms with E-state index in [2.05, 4.69) is 0 Å². The van der Waals surface area contributed by atoms with Crippen LogP contribution in [0, 0.1) is 0 Å². The highest BCUT2D eigenvalue weighted by atomic mass is 19.1. The Morgan fingerprint density at radius 1 is 1.50 bits per heavy atom. The third-order valence-electron chi connectivity index (χ3n) is 2.59. The van der Waals surface area contributed by atoms with Gasteiger partial charge >= 0.3 is 0 Å². The van der Waals surface area contributed by atoms with Crippen LogP contribution in [-0.2, 0) is 5.67 Å². The van der Waals surface area contributed by atoms with Gasteiger partial charge in [0.05, 0.1) is 6.61 Å². The first-order valence-corrected chi connectivity index (χ1v) is 4.84. The minimum atomic E-state index is -1.29. The lowest BCUT2D eigenvalue weighted by atomic mass is 10.1. The highest BCUT2D eigenvalue weighted by Gasteiger charge is 2.54. The molecule has 3 heteroatoms. The third kappa shape index (κ3) is 1.48. The van der Waals surface area contributed by atoms with Crippen LogP contribution in [0.4, 0.5) is 4.39 Å². The molecular formula is C11H14FNO. The Hall–Kier alpha value is -1.09. The van der Waals surface area contributed by atoms with E-state index in [1.807, 2.05) is 6.92 Å². The molecule has 1 aliphatic rings. The summed E-state index contributed by atoms with van der Waals surface area (Å²) in [4.78, 5) is 0. The van der Waals surface area contributed by atoms with Crippen molar-refractivity contribution in [2.45, 2.75) is 25.1 Å². The molecule has 1 saturated carbocycles. The second-order valence-corrected chi connectivity index (χ2v) is 3.63. The number of rotatable bonds is 3. The number of hydrogen-bond acceptors (Lipinski definition) is 2. The van der Waals surface area contributed by atoms with Gasteiger partial charge in [-0.15, -0.1) is 0 Å². The molecule has 1 aliphatic carbocycles. The smallest absolute Gasteiger partial charge is 0.152 e. The Bertz CT molecular complexity index is 325. The van der Waals surface area contributed by atoms with E-state index in [1.54, 1.807) is 24.3 Å². The molecule has 76 valence electrons. The van der Waals surface area contributed by atoms with Gasteiger partial charge in [0.1, 0.15) is 5.75 Å². The third-order valence-corrected chi connectivity index (χ3v) is 2.59. The number of ether oxygens (including phenoxy) is 1. The summed E-state index contributed by atoms with van der Waals surface area (Å²) in [6.45, 7) is 2.54. The summed E-state index contributed by atoms with van der Waals surface area (Å²) in [5.41, 5.74) is 4.90. The van der Waals surface area contributed by atoms with Gasteiger partial charge in [-0.05, 0) is 24.6 Å². The van der Waals surface area contributed by atoms with Crippen LogP contribution >= 0.6 is 0 Å². The van der Waals surface area contributed by atoms with Crippen molar-refractivity contribution >= 4 is 0 Å². The molecule has 0 saturated heterocycles. The highest BCUT2D eigenvalue weighted by Crippen LogP contribution is 2.48. The van der Waals surface area contributed by atoms with Crippen molar-refractivity contribution in [3.05, 3.63) is 29.8 Å². The van der Waals surface area contributed by atoms with Gasteiger partial charge in [-0.1, -0.05) is 12.1 Å². The van der Waals surface area contributed by atoms with E-state index in [0.717, 1.165) is 5.75 Å². The summed E-state index contributed by atoms with van der Waals surface area (Å²) >= 11 is 0. The zero-order valence-corrected chi connectivity index (χ0v) is 8.16. The maximum Gasteiger partial charge on any atom is 0.152 e. The number of benzene rings is 1. The molecule has 2 nitrogen and oxygen atoms in total. The van der Waals surface area contributed by atoms with Crippen LogP contribution < -0.4 is 10.5 Å². The number of halogens is 1. The van der Waals surface area contributed by atoms with E-state index < -0.39 is 5.67 Å². The van der Waals surface area contributed by atoms with Crippen molar-refractivity contribution in [1.82, 2.24) is 0 Å². The lowest BCUT2D eigenvalue weighted by Crippen LogP contribution is -2.12. The van der Waals surface area contributed by atoms with E-state index in [1.165, 1.54) is 0 Å². The fourth-order valence-corrected chi connectivity index (χ4v) is 1.59.